The summed E-state index contributed by atoms with van der Waals surface area (Å²) in [6.07, 6.45) is 10.3. The van der Waals surface area contributed by atoms with Gasteiger partial charge in [0.05, 0.1) is 6.04 Å². The first-order chi connectivity index (χ1) is 12.8. The Morgan fingerprint density at radius 1 is 0.962 bits per heavy atom. The fourth-order valence-corrected chi connectivity index (χ4v) is 4.33. The van der Waals surface area contributed by atoms with E-state index in [0.29, 0.717) is 6.04 Å². The van der Waals surface area contributed by atoms with Crippen LogP contribution in [0.3, 0.4) is 0 Å². The van der Waals surface area contributed by atoms with Crippen molar-refractivity contribution in [2.45, 2.75) is 57.0 Å². The number of hydrogen-bond donors (Lipinski definition) is 1. The van der Waals surface area contributed by atoms with Crippen LogP contribution in [0.5, 0.6) is 0 Å². The number of carbonyl (C=O) groups excluding carboxylic acids is 1. The molecule has 4 nitrogen and oxygen atoms in total. The number of nitrogens with zero attached hydrogens (tertiary/aromatic N) is 2. The van der Waals surface area contributed by atoms with Crippen LogP contribution in [0.15, 0.2) is 48.7 Å². The summed E-state index contributed by atoms with van der Waals surface area (Å²) in [5.41, 5.74) is 1.94. The van der Waals surface area contributed by atoms with Gasteiger partial charge >= 0.3 is 0 Å². The monoisotopic (exact) mass is 349 g/mol. The van der Waals surface area contributed by atoms with Crippen molar-refractivity contribution >= 4 is 11.7 Å². The number of amides is 1. The zero-order valence-corrected chi connectivity index (χ0v) is 15.2. The van der Waals surface area contributed by atoms with Gasteiger partial charge in [-0.3, -0.25) is 4.79 Å². The van der Waals surface area contributed by atoms with Crippen molar-refractivity contribution in [3.8, 4) is 0 Å². The van der Waals surface area contributed by atoms with Gasteiger partial charge in [-0.2, -0.15) is 0 Å². The van der Waals surface area contributed by atoms with Gasteiger partial charge in [0.1, 0.15) is 5.82 Å². The van der Waals surface area contributed by atoms with Crippen LogP contribution in [0.4, 0.5) is 5.82 Å². The SMILES string of the molecule is O=C(c1ccccc1)N1CCC[C@@H]1c1cccnc1NC1CCCCC1. The number of anilines is 1. The molecule has 0 radical (unpaired) electrons. The molecule has 4 heteroatoms. The Kier molecular flexibility index (Phi) is 5.19. The fourth-order valence-electron chi connectivity index (χ4n) is 4.33. The summed E-state index contributed by atoms with van der Waals surface area (Å²) in [5, 5.41) is 3.68. The van der Waals surface area contributed by atoms with E-state index < -0.39 is 0 Å². The zero-order chi connectivity index (χ0) is 17.8. The predicted octanol–water partition coefficient (Wildman–Crippen LogP) is 4.80. The van der Waals surface area contributed by atoms with Crippen molar-refractivity contribution in [2.24, 2.45) is 0 Å². The van der Waals surface area contributed by atoms with E-state index in [1.807, 2.05) is 47.5 Å². The molecule has 1 aromatic carbocycles. The van der Waals surface area contributed by atoms with Gasteiger partial charge in [-0.15, -0.1) is 0 Å². The second-order valence-electron chi connectivity index (χ2n) is 7.44. The van der Waals surface area contributed by atoms with Crippen LogP contribution in [0.25, 0.3) is 0 Å². The van der Waals surface area contributed by atoms with E-state index in [1.54, 1.807) is 0 Å². The van der Waals surface area contributed by atoms with E-state index in [1.165, 1.54) is 37.7 Å². The minimum atomic E-state index is 0.113. The maximum atomic E-state index is 13.0. The maximum absolute atomic E-state index is 13.0. The molecule has 0 unspecified atom stereocenters. The lowest BCUT2D eigenvalue weighted by atomic mass is 9.95. The van der Waals surface area contributed by atoms with Gasteiger partial charge < -0.3 is 10.2 Å². The lowest BCUT2D eigenvalue weighted by Gasteiger charge is -2.29. The van der Waals surface area contributed by atoms with Gasteiger partial charge in [0.15, 0.2) is 0 Å². The van der Waals surface area contributed by atoms with Crippen molar-refractivity contribution < 1.29 is 4.79 Å². The molecule has 1 amide bonds. The van der Waals surface area contributed by atoms with Crippen LogP contribution in [0.1, 0.15) is 66.9 Å². The van der Waals surface area contributed by atoms with E-state index >= 15 is 0 Å². The van der Waals surface area contributed by atoms with Crippen LogP contribution < -0.4 is 5.32 Å². The van der Waals surface area contributed by atoms with E-state index in [-0.39, 0.29) is 11.9 Å². The maximum Gasteiger partial charge on any atom is 0.254 e. The predicted molar refractivity (Wildman–Crippen MR) is 104 cm³/mol. The molecule has 2 fully saturated rings. The van der Waals surface area contributed by atoms with Crippen molar-refractivity contribution in [1.82, 2.24) is 9.88 Å². The molecular weight excluding hydrogens is 322 g/mol. The smallest absolute Gasteiger partial charge is 0.254 e. The molecule has 26 heavy (non-hydrogen) atoms. The van der Waals surface area contributed by atoms with E-state index in [4.69, 9.17) is 0 Å². The Hall–Kier alpha value is -2.36. The number of hydrogen-bond acceptors (Lipinski definition) is 3. The summed E-state index contributed by atoms with van der Waals surface area (Å²) in [6.45, 7) is 0.816. The number of benzene rings is 1. The average Bonchev–Trinajstić information content (AvgIpc) is 3.19. The molecule has 136 valence electrons. The standard InChI is InChI=1S/C22H27N3O/c26-22(17-9-3-1-4-10-17)25-16-8-14-20(25)19-13-7-15-23-21(19)24-18-11-5-2-6-12-18/h1,3-4,7,9-10,13,15,18,20H,2,5-6,8,11-12,14,16H2,(H,23,24)/t20-/m1/s1. The molecule has 1 atom stereocenters. The summed E-state index contributed by atoms with van der Waals surface area (Å²) in [7, 11) is 0. The van der Waals surface area contributed by atoms with Gasteiger partial charge in [0.2, 0.25) is 0 Å². The molecule has 1 saturated heterocycles. The lowest BCUT2D eigenvalue weighted by Crippen LogP contribution is -2.31. The van der Waals surface area contributed by atoms with Crippen LogP contribution >= 0.6 is 0 Å². The van der Waals surface area contributed by atoms with Gasteiger partial charge in [0.25, 0.3) is 5.91 Å². The molecule has 2 heterocycles. The Morgan fingerprint density at radius 2 is 1.77 bits per heavy atom. The van der Waals surface area contributed by atoms with Crippen LogP contribution in [-0.4, -0.2) is 28.4 Å². The molecule has 1 aliphatic carbocycles. The third kappa shape index (κ3) is 3.59. The highest BCUT2D eigenvalue weighted by Crippen LogP contribution is 2.36. The van der Waals surface area contributed by atoms with Gasteiger partial charge in [0, 0.05) is 29.9 Å². The Morgan fingerprint density at radius 3 is 2.58 bits per heavy atom. The molecule has 4 rings (SSSR count). The number of nitrogens with one attached hydrogen (secondary N) is 1. The van der Waals surface area contributed by atoms with Crippen LogP contribution in [-0.2, 0) is 0 Å². The zero-order valence-electron chi connectivity index (χ0n) is 15.2. The van der Waals surface area contributed by atoms with Crippen molar-refractivity contribution in [3.05, 3.63) is 59.8 Å². The molecule has 1 N–H and O–H groups in total. The molecule has 0 spiro atoms. The van der Waals surface area contributed by atoms with Gasteiger partial charge in [-0.05, 0) is 43.9 Å². The minimum absolute atomic E-state index is 0.113. The Labute approximate surface area is 155 Å². The first-order valence-electron chi connectivity index (χ1n) is 9.90. The van der Waals surface area contributed by atoms with Crippen LogP contribution in [0.2, 0.25) is 0 Å². The highest BCUT2D eigenvalue weighted by Gasteiger charge is 2.32. The van der Waals surface area contributed by atoms with Crippen molar-refractivity contribution in [2.75, 3.05) is 11.9 Å². The summed E-state index contributed by atoms with van der Waals surface area (Å²) in [6, 6.07) is 14.4. The quantitative estimate of drug-likeness (QED) is 0.862. The number of pyridine rings is 1. The minimum Gasteiger partial charge on any atom is -0.367 e. The number of likely N-dealkylation sites (tertiary alicyclic amines) is 1. The van der Waals surface area contributed by atoms with Crippen molar-refractivity contribution in [3.63, 3.8) is 0 Å². The van der Waals surface area contributed by atoms with E-state index in [9.17, 15) is 4.79 Å². The topological polar surface area (TPSA) is 45.2 Å². The number of rotatable bonds is 4. The third-order valence-electron chi connectivity index (χ3n) is 5.68. The van der Waals surface area contributed by atoms with E-state index in [2.05, 4.69) is 16.4 Å². The normalized spacial score (nSPS) is 20.9. The largest absolute Gasteiger partial charge is 0.367 e. The highest BCUT2D eigenvalue weighted by atomic mass is 16.2. The van der Waals surface area contributed by atoms with E-state index in [0.717, 1.165) is 30.8 Å². The summed E-state index contributed by atoms with van der Waals surface area (Å²) in [5.74, 6) is 1.10. The Balaban J connectivity index is 1.57. The molecule has 1 aliphatic heterocycles. The van der Waals surface area contributed by atoms with Gasteiger partial charge in [-0.1, -0.05) is 43.5 Å². The average molecular weight is 349 g/mol. The first kappa shape index (κ1) is 17.1. The second kappa shape index (κ2) is 7.90. The van der Waals surface area contributed by atoms with Gasteiger partial charge in [-0.25, -0.2) is 4.98 Å². The summed E-state index contributed by atoms with van der Waals surface area (Å²) < 4.78 is 0. The number of carbonyl (C=O) groups is 1. The molecule has 2 aromatic rings. The molecule has 1 saturated carbocycles. The fraction of sp³-hybridized carbons (Fsp3) is 0.455. The summed E-state index contributed by atoms with van der Waals surface area (Å²) in [4.78, 5) is 19.7. The van der Waals surface area contributed by atoms with Crippen molar-refractivity contribution in [1.29, 1.82) is 0 Å². The lowest BCUT2D eigenvalue weighted by molar-refractivity contribution is 0.0736. The highest BCUT2D eigenvalue weighted by molar-refractivity contribution is 5.94. The molecular formula is C22H27N3O. The molecule has 1 aromatic heterocycles. The van der Waals surface area contributed by atoms with Crippen LogP contribution in [0, 0.1) is 0 Å². The molecule has 2 aliphatic rings. The third-order valence-corrected chi connectivity index (χ3v) is 5.68. The summed E-state index contributed by atoms with van der Waals surface area (Å²) >= 11 is 0. The molecule has 0 bridgehead atoms. The Bertz CT molecular complexity index is 740. The second-order valence-corrected chi connectivity index (χ2v) is 7.44. The first-order valence-corrected chi connectivity index (χ1v) is 9.90. The number of aromatic nitrogens is 1.